The SMILES string of the molecule is Cc1cccc(C(CO)(CO)Cc2cccc(F)c2Br)c1. The van der Waals surface area contributed by atoms with Gasteiger partial charge in [-0.1, -0.05) is 42.0 Å². The minimum Gasteiger partial charge on any atom is -0.395 e. The molecule has 0 saturated carbocycles. The Labute approximate surface area is 132 Å². The van der Waals surface area contributed by atoms with Gasteiger partial charge in [0.2, 0.25) is 0 Å². The van der Waals surface area contributed by atoms with Gasteiger partial charge in [0.25, 0.3) is 0 Å². The highest BCUT2D eigenvalue weighted by Crippen LogP contribution is 2.32. The van der Waals surface area contributed by atoms with Crippen LogP contribution in [0.5, 0.6) is 0 Å². The van der Waals surface area contributed by atoms with Crippen molar-refractivity contribution in [3.63, 3.8) is 0 Å². The van der Waals surface area contributed by atoms with E-state index in [4.69, 9.17) is 0 Å². The third-order valence-corrected chi connectivity index (χ3v) is 4.68. The molecule has 0 aliphatic rings. The van der Waals surface area contributed by atoms with Gasteiger partial charge < -0.3 is 10.2 Å². The summed E-state index contributed by atoms with van der Waals surface area (Å²) in [4.78, 5) is 0. The summed E-state index contributed by atoms with van der Waals surface area (Å²) in [6, 6.07) is 12.5. The molecule has 4 heteroatoms. The second-order valence-corrected chi connectivity index (χ2v) is 6.15. The van der Waals surface area contributed by atoms with Crippen LogP contribution in [0.2, 0.25) is 0 Å². The molecule has 2 nitrogen and oxygen atoms in total. The van der Waals surface area contributed by atoms with E-state index in [9.17, 15) is 14.6 Å². The Morgan fingerprint density at radius 1 is 1.10 bits per heavy atom. The van der Waals surface area contributed by atoms with Crippen LogP contribution in [0, 0.1) is 12.7 Å². The molecule has 0 radical (unpaired) electrons. The van der Waals surface area contributed by atoms with Gasteiger partial charge in [-0.25, -0.2) is 4.39 Å². The zero-order chi connectivity index (χ0) is 15.5. The predicted octanol–water partition coefficient (Wildman–Crippen LogP) is 3.36. The summed E-state index contributed by atoms with van der Waals surface area (Å²) < 4.78 is 14.0. The molecule has 2 rings (SSSR count). The van der Waals surface area contributed by atoms with Crippen molar-refractivity contribution >= 4 is 15.9 Å². The van der Waals surface area contributed by atoms with Gasteiger partial charge in [0.05, 0.1) is 17.7 Å². The molecular formula is C17H18BrFO2. The lowest BCUT2D eigenvalue weighted by Gasteiger charge is -2.31. The second-order valence-electron chi connectivity index (χ2n) is 5.36. The van der Waals surface area contributed by atoms with Crippen molar-refractivity contribution in [2.45, 2.75) is 18.8 Å². The minimum atomic E-state index is -0.831. The first-order valence-corrected chi connectivity index (χ1v) is 7.53. The number of aliphatic hydroxyl groups excluding tert-OH is 2. The summed E-state index contributed by atoms with van der Waals surface area (Å²) in [5, 5.41) is 19.7. The first kappa shape index (κ1) is 16.1. The molecule has 0 unspecified atom stereocenters. The van der Waals surface area contributed by atoms with E-state index in [2.05, 4.69) is 15.9 Å². The van der Waals surface area contributed by atoms with E-state index >= 15 is 0 Å². The average Bonchev–Trinajstić information content (AvgIpc) is 2.49. The lowest BCUT2D eigenvalue weighted by atomic mass is 9.76. The van der Waals surface area contributed by atoms with E-state index < -0.39 is 5.41 Å². The normalized spacial score (nSPS) is 11.7. The van der Waals surface area contributed by atoms with E-state index in [1.165, 1.54) is 6.07 Å². The molecule has 112 valence electrons. The van der Waals surface area contributed by atoms with Crippen LogP contribution in [0.1, 0.15) is 16.7 Å². The lowest BCUT2D eigenvalue weighted by Crippen LogP contribution is -2.37. The maximum atomic E-state index is 13.7. The molecule has 0 saturated heterocycles. The molecule has 2 N–H and O–H groups in total. The van der Waals surface area contributed by atoms with Crippen molar-refractivity contribution in [3.8, 4) is 0 Å². The van der Waals surface area contributed by atoms with E-state index in [1.807, 2.05) is 31.2 Å². The number of benzene rings is 2. The fourth-order valence-corrected chi connectivity index (χ4v) is 2.88. The van der Waals surface area contributed by atoms with Crippen molar-refractivity contribution in [3.05, 3.63) is 69.4 Å². The van der Waals surface area contributed by atoms with Crippen LogP contribution in [0.3, 0.4) is 0 Å². The van der Waals surface area contributed by atoms with E-state index in [-0.39, 0.29) is 19.0 Å². The number of hydrogen-bond donors (Lipinski definition) is 2. The molecule has 0 aliphatic heterocycles. The number of hydrogen-bond acceptors (Lipinski definition) is 2. The van der Waals surface area contributed by atoms with Crippen LogP contribution >= 0.6 is 15.9 Å². The average molecular weight is 353 g/mol. The highest BCUT2D eigenvalue weighted by atomic mass is 79.9. The van der Waals surface area contributed by atoms with Crippen LogP contribution in [-0.4, -0.2) is 23.4 Å². The molecule has 21 heavy (non-hydrogen) atoms. The molecule has 0 aliphatic carbocycles. The van der Waals surface area contributed by atoms with Crippen molar-refractivity contribution < 1.29 is 14.6 Å². The zero-order valence-electron chi connectivity index (χ0n) is 11.8. The van der Waals surface area contributed by atoms with Crippen LogP contribution < -0.4 is 0 Å². The topological polar surface area (TPSA) is 40.5 Å². The molecule has 2 aromatic rings. The van der Waals surface area contributed by atoms with Gasteiger partial charge in [0.15, 0.2) is 0 Å². The molecule has 0 bridgehead atoms. The number of halogens is 2. The number of aliphatic hydroxyl groups is 2. The van der Waals surface area contributed by atoms with E-state index in [0.29, 0.717) is 10.9 Å². The van der Waals surface area contributed by atoms with Gasteiger partial charge in [-0.3, -0.25) is 0 Å². The molecule has 0 fully saturated rings. The Morgan fingerprint density at radius 2 is 1.76 bits per heavy atom. The summed E-state index contributed by atoms with van der Waals surface area (Å²) in [6.45, 7) is 1.53. The first-order valence-electron chi connectivity index (χ1n) is 6.74. The van der Waals surface area contributed by atoms with E-state index in [0.717, 1.165) is 16.7 Å². The van der Waals surface area contributed by atoms with Crippen molar-refractivity contribution in [1.82, 2.24) is 0 Å². The lowest BCUT2D eigenvalue weighted by molar-refractivity contribution is 0.116. The third kappa shape index (κ3) is 3.34. The number of aryl methyl sites for hydroxylation is 1. The predicted molar refractivity (Wildman–Crippen MR) is 84.8 cm³/mol. The van der Waals surface area contributed by atoms with Gasteiger partial charge in [-0.05, 0) is 46.5 Å². The summed E-state index contributed by atoms with van der Waals surface area (Å²) in [6.07, 6.45) is 0.349. The van der Waals surface area contributed by atoms with Crippen molar-refractivity contribution in [2.24, 2.45) is 0 Å². The molecular weight excluding hydrogens is 335 g/mol. The van der Waals surface area contributed by atoms with Gasteiger partial charge in [-0.2, -0.15) is 0 Å². The Balaban J connectivity index is 2.45. The fraction of sp³-hybridized carbons (Fsp3) is 0.294. The third-order valence-electron chi connectivity index (χ3n) is 3.80. The second kappa shape index (κ2) is 6.69. The zero-order valence-corrected chi connectivity index (χ0v) is 13.4. The van der Waals surface area contributed by atoms with Crippen LogP contribution in [0.4, 0.5) is 4.39 Å². The number of rotatable bonds is 5. The van der Waals surface area contributed by atoms with Gasteiger partial charge in [0, 0.05) is 5.41 Å². The van der Waals surface area contributed by atoms with Gasteiger partial charge in [-0.15, -0.1) is 0 Å². The Bertz CT molecular complexity index is 624. The molecule has 0 amide bonds. The maximum Gasteiger partial charge on any atom is 0.137 e. The van der Waals surface area contributed by atoms with Crippen LogP contribution in [0.15, 0.2) is 46.9 Å². The highest BCUT2D eigenvalue weighted by molar-refractivity contribution is 9.10. The van der Waals surface area contributed by atoms with Crippen LogP contribution in [0.25, 0.3) is 0 Å². The van der Waals surface area contributed by atoms with Crippen molar-refractivity contribution in [1.29, 1.82) is 0 Å². The Hall–Kier alpha value is -1.23. The Kier molecular flexibility index (Phi) is 5.14. The van der Waals surface area contributed by atoms with Crippen LogP contribution in [-0.2, 0) is 11.8 Å². The molecule has 0 heterocycles. The van der Waals surface area contributed by atoms with Crippen molar-refractivity contribution in [2.75, 3.05) is 13.2 Å². The molecule has 0 spiro atoms. The monoisotopic (exact) mass is 352 g/mol. The molecule has 2 aromatic carbocycles. The van der Waals surface area contributed by atoms with E-state index in [1.54, 1.807) is 12.1 Å². The summed E-state index contributed by atoms with van der Waals surface area (Å²) >= 11 is 3.24. The summed E-state index contributed by atoms with van der Waals surface area (Å²) in [7, 11) is 0. The largest absolute Gasteiger partial charge is 0.395 e. The first-order chi connectivity index (χ1) is 10.0. The quantitative estimate of drug-likeness (QED) is 0.866. The van der Waals surface area contributed by atoms with Gasteiger partial charge >= 0.3 is 0 Å². The molecule has 0 atom stereocenters. The highest BCUT2D eigenvalue weighted by Gasteiger charge is 2.32. The summed E-state index contributed by atoms with van der Waals surface area (Å²) in [5.74, 6) is -0.346. The molecule has 0 aromatic heterocycles. The minimum absolute atomic E-state index is 0.212. The summed E-state index contributed by atoms with van der Waals surface area (Å²) in [5.41, 5.74) is 1.79. The fourth-order valence-electron chi connectivity index (χ4n) is 2.47. The smallest absolute Gasteiger partial charge is 0.137 e. The van der Waals surface area contributed by atoms with Gasteiger partial charge in [0.1, 0.15) is 5.82 Å². The standard InChI is InChI=1S/C17H18BrFO2/c1-12-4-2-6-14(8-12)17(10-20,11-21)9-13-5-3-7-15(19)16(13)18/h2-8,20-21H,9-11H2,1H3. The maximum absolute atomic E-state index is 13.7. The Morgan fingerprint density at radius 3 is 2.38 bits per heavy atom.